The number of benzene rings is 2. The normalized spacial score (nSPS) is 9.71. The molecule has 0 fully saturated rings. The van der Waals surface area contributed by atoms with E-state index in [4.69, 9.17) is 5.73 Å². The van der Waals surface area contributed by atoms with E-state index in [1.54, 1.807) is 6.07 Å². The fourth-order valence-corrected chi connectivity index (χ4v) is 1.75. The molecule has 3 N–H and O–H groups in total. The van der Waals surface area contributed by atoms with Gasteiger partial charge in [0.2, 0.25) is 0 Å². The second-order valence-corrected chi connectivity index (χ2v) is 3.76. The van der Waals surface area contributed by atoms with Crippen molar-refractivity contribution in [3.8, 4) is 16.9 Å². The van der Waals surface area contributed by atoms with Crippen molar-refractivity contribution in [3.05, 3.63) is 54.1 Å². The number of phenolic OH excluding ortho intramolecular Hbond substituents is 1. The molecule has 0 aliphatic rings. The Morgan fingerprint density at radius 3 is 2.35 bits per heavy atom. The Balaban J connectivity index is 0.00000144. The minimum Gasteiger partial charge on any atom is -0.507 e. The number of rotatable bonds is 3. The van der Waals surface area contributed by atoms with Crippen LogP contribution in [-0.2, 0) is 6.42 Å². The molecule has 0 amide bonds. The number of nitrogens with two attached hydrogens (primary N) is 1. The maximum absolute atomic E-state index is 9.83. The average molecular weight is 250 g/mol. The van der Waals surface area contributed by atoms with E-state index < -0.39 is 0 Å². The monoisotopic (exact) mass is 249 g/mol. The number of aromatic hydroxyl groups is 1. The van der Waals surface area contributed by atoms with Gasteiger partial charge in [-0.3, -0.25) is 0 Å². The number of hydrogen-bond donors (Lipinski definition) is 2. The number of phenols is 1. The lowest BCUT2D eigenvalue weighted by Gasteiger charge is -2.07. The van der Waals surface area contributed by atoms with Gasteiger partial charge in [-0.1, -0.05) is 36.4 Å². The van der Waals surface area contributed by atoms with Crippen molar-refractivity contribution in [2.24, 2.45) is 5.73 Å². The quantitative estimate of drug-likeness (QED) is 0.879. The molecular formula is C14H16ClNO. The van der Waals surface area contributed by atoms with Crippen molar-refractivity contribution >= 4 is 12.4 Å². The fraction of sp³-hybridized carbons (Fsp3) is 0.143. The highest BCUT2D eigenvalue weighted by Gasteiger charge is 2.04. The molecule has 0 spiro atoms. The van der Waals surface area contributed by atoms with Gasteiger partial charge >= 0.3 is 0 Å². The molecule has 2 nitrogen and oxygen atoms in total. The summed E-state index contributed by atoms with van der Waals surface area (Å²) in [6.45, 7) is 0.624. The molecular weight excluding hydrogens is 234 g/mol. The van der Waals surface area contributed by atoms with Crippen LogP contribution in [0.5, 0.6) is 5.75 Å². The van der Waals surface area contributed by atoms with Crippen LogP contribution in [0.2, 0.25) is 0 Å². The van der Waals surface area contributed by atoms with Crippen molar-refractivity contribution in [2.75, 3.05) is 6.54 Å². The molecule has 17 heavy (non-hydrogen) atoms. The largest absolute Gasteiger partial charge is 0.507 e. The molecule has 0 saturated heterocycles. The summed E-state index contributed by atoms with van der Waals surface area (Å²) in [7, 11) is 0. The van der Waals surface area contributed by atoms with E-state index in [0.29, 0.717) is 12.3 Å². The minimum absolute atomic E-state index is 0. The Kier molecular flexibility index (Phi) is 5.01. The maximum atomic E-state index is 9.83. The highest BCUT2D eigenvalue weighted by atomic mass is 35.5. The maximum Gasteiger partial charge on any atom is 0.123 e. The van der Waals surface area contributed by atoms with Gasteiger partial charge in [0, 0.05) is 5.56 Å². The molecule has 2 rings (SSSR count). The van der Waals surface area contributed by atoms with E-state index >= 15 is 0 Å². The molecule has 0 aromatic heterocycles. The van der Waals surface area contributed by atoms with Crippen LogP contribution >= 0.6 is 12.4 Å². The molecule has 90 valence electrons. The lowest BCUT2D eigenvalue weighted by molar-refractivity contribution is 0.477. The summed E-state index contributed by atoms with van der Waals surface area (Å²) in [4.78, 5) is 0. The van der Waals surface area contributed by atoms with Gasteiger partial charge in [-0.05, 0) is 36.2 Å². The zero-order valence-corrected chi connectivity index (χ0v) is 10.3. The topological polar surface area (TPSA) is 46.2 Å². The van der Waals surface area contributed by atoms with Crippen LogP contribution in [0.3, 0.4) is 0 Å². The van der Waals surface area contributed by atoms with Crippen molar-refractivity contribution < 1.29 is 5.11 Å². The van der Waals surface area contributed by atoms with Crippen molar-refractivity contribution in [3.63, 3.8) is 0 Å². The van der Waals surface area contributed by atoms with Gasteiger partial charge in [0.15, 0.2) is 0 Å². The van der Waals surface area contributed by atoms with Gasteiger partial charge in [0.05, 0.1) is 0 Å². The Morgan fingerprint density at radius 1 is 1.00 bits per heavy atom. The third kappa shape index (κ3) is 3.22. The lowest BCUT2D eigenvalue weighted by atomic mass is 10.0. The Hall–Kier alpha value is -1.51. The van der Waals surface area contributed by atoms with E-state index in [1.165, 1.54) is 0 Å². The summed E-state index contributed by atoms with van der Waals surface area (Å²) in [6, 6.07) is 15.5. The van der Waals surface area contributed by atoms with Crippen LogP contribution in [0.15, 0.2) is 48.5 Å². The number of hydrogen-bond acceptors (Lipinski definition) is 2. The first-order chi connectivity index (χ1) is 7.81. The Morgan fingerprint density at radius 2 is 1.71 bits per heavy atom. The van der Waals surface area contributed by atoms with Gasteiger partial charge < -0.3 is 10.8 Å². The lowest BCUT2D eigenvalue weighted by Crippen LogP contribution is -2.02. The second kappa shape index (κ2) is 6.28. The molecule has 0 atom stereocenters. The van der Waals surface area contributed by atoms with Crippen LogP contribution in [0, 0.1) is 0 Å². The summed E-state index contributed by atoms with van der Waals surface area (Å²) < 4.78 is 0. The van der Waals surface area contributed by atoms with E-state index in [0.717, 1.165) is 23.1 Å². The predicted octanol–water partition coefficient (Wildman–Crippen LogP) is 2.98. The highest BCUT2D eigenvalue weighted by Crippen LogP contribution is 2.29. The highest BCUT2D eigenvalue weighted by molar-refractivity contribution is 5.85. The first-order valence-electron chi connectivity index (χ1n) is 5.38. The van der Waals surface area contributed by atoms with Crippen LogP contribution < -0.4 is 5.73 Å². The predicted molar refractivity (Wildman–Crippen MR) is 73.5 cm³/mol. The third-order valence-corrected chi connectivity index (χ3v) is 2.58. The third-order valence-electron chi connectivity index (χ3n) is 2.58. The molecule has 0 aliphatic heterocycles. The molecule has 0 aliphatic carbocycles. The second-order valence-electron chi connectivity index (χ2n) is 3.76. The van der Waals surface area contributed by atoms with E-state index in [9.17, 15) is 5.11 Å². The van der Waals surface area contributed by atoms with E-state index in [2.05, 4.69) is 0 Å². The van der Waals surface area contributed by atoms with Gasteiger partial charge in [0.1, 0.15) is 5.75 Å². The fourth-order valence-electron chi connectivity index (χ4n) is 1.75. The van der Waals surface area contributed by atoms with Crippen LogP contribution in [0.25, 0.3) is 11.1 Å². The Labute approximate surface area is 108 Å². The zero-order valence-electron chi connectivity index (χ0n) is 9.47. The summed E-state index contributed by atoms with van der Waals surface area (Å²) in [5.41, 5.74) is 8.57. The summed E-state index contributed by atoms with van der Waals surface area (Å²) in [6.07, 6.45) is 0.833. The van der Waals surface area contributed by atoms with E-state index in [-0.39, 0.29) is 12.4 Å². The van der Waals surface area contributed by atoms with Crippen molar-refractivity contribution in [1.29, 1.82) is 0 Å². The van der Waals surface area contributed by atoms with Gasteiger partial charge in [0.25, 0.3) is 0 Å². The van der Waals surface area contributed by atoms with Crippen molar-refractivity contribution in [1.82, 2.24) is 0 Å². The molecule has 0 radical (unpaired) electrons. The Bertz CT molecular complexity index is 471. The molecule has 0 saturated carbocycles. The number of halogens is 1. The molecule has 0 bridgehead atoms. The standard InChI is InChI=1S/C14H15NO.ClH/c15-9-8-11-6-7-14(16)13(10-11)12-4-2-1-3-5-12;/h1-7,10,16H,8-9,15H2;1H. The smallest absolute Gasteiger partial charge is 0.123 e. The van der Waals surface area contributed by atoms with Crippen molar-refractivity contribution in [2.45, 2.75) is 6.42 Å². The first kappa shape index (κ1) is 13.6. The molecule has 0 heterocycles. The van der Waals surface area contributed by atoms with Crippen LogP contribution in [0.1, 0.15) is 5.56 Å². The van der Waals surface area contributed by atoms with Gasteiger partial charge in [-0.25, -0.2) is 0 Å². The zero-order chi connectivity index (χ0) is 11.4. The molecule has 2 aromatic rings. The van der Waals surface area contributed by atoms with Crippen LogP contribution in [0.4, 0.5) is 0 Å². The SMILES string of the molecule is Cl.NCCc1ccc(O)c(-c2ccccc2)c1. The molecule has 0 unspecified atom stereocenters. The first-order valence-corrected chi connectivity index (χ1v) is 5.38. The summed E-state index contributed by atoms with van der Waals surface area (Å²) >= 11 is 0. The van der Waals surface area contributed by atoms with Gasteiger partial charge in [-0.2, -0.15) is 0 Å². The van der Waals surface area contributed by atoms with Gasteiger partial charge in [-0.15, -0.1) is 12.4 Å². The molecule has 3 heteroatoms. The average Bonchev–Trinajstić information content (AvgIpc) is 2.33. The summed E-state index contributed by atoms with van der Waals surface area (Å²) in [5.74, 6) is 0.312. The minimum atomic E-state index is 0. The van der Waals surface area contributed by atoms with Crippen LogP contribution in [-0.4, -0.2) is 11.7 Å². The molecule has 2 aromatic carbocycles. The van der Waals surface area contributed by atoms with E-state index in [1.807, 2.05) is 42.5 Å². The summed E-state index contributed by atoms with van der Waals surface area (Å²) in [5, 5.41) is 9.83.